The highest BCUT2D eigenvalue weighted by Crippen LogP contribution is 2.53. The second kappa shape index (κ2) is 7.21. The summed E-state index contributed by atoms with van der Waals surface area (Å²) in [5, 5.41) is 0.193. The molecule has 0 heterocycles. The molecular formula is C23H26O3S2. The van der Waals surface area contributed by atoms with Gasteiger partial charge in [-0.25, -0.2) is 0 Å². The molecule has 0 bridgehead atoms. The van der Waals surface area contributed by atoms with Crippen molar-refractivity contribution in [3.05, 3.63) is 83.5 Å². The summed E-state index contributed by atoms with van der Waals surface area (Å²) in [5.41, 5.74) is 6.99. The van der Waals surface area contributed by atoms with Gasteiger partial charge in [0.15, 0.2) is 0 Å². The van der Waals surface area contributed by atoms with E-state index in [1.807, 2.05) is 0 Å². The third-order valence-corrected chi connectivity index (χ3v) is 6.33. The molecule has 2 aliphatic rings. The van der Waals surface area contributed by atoms with Crippen molar-refractivity contribution in [2.75, 3.05) is 6.26 Å². The maximum atomic E-state index is 9.19. The molecule has 28 heavy (non-hydrogen) atoms. The molecule has 0 aromatic heterocycles. The van der Waals surface area contributed by atoms with E-state index >= 15 is 0 Å². The summed E-state index contributed by atoms with van der Waals surface area (Å²) in [5.74, 6) is 0. The van der Waals surface area contributed by atoms with Crippen LogP contribution < -0.4 is 0 Å². The molecule has 0 radical (unpaired) electrons. The Hall–Kier alpha value is -1.82. The van der Waals surface area contributed by atoms with E-state index in [1.165, 1.54) is 27.8 Å². The van der Waals surface area contributed by atoms with Crippen LogP contribution in [0.4, 0.5) is 0 Å². The van der Waals surface area contributed by atoms with Crippen molar-refractivity contribution in [2.45, 2.75) is 36.9 Å². The van der Waals surface area contributed by atoms with Crippen molar-refractivity contribution in [3.8, 4) is 11.1 Å². The molecule has 3 nitrogen and oxygen atoms in total. The fourth-order valence-corrected chi connectivity index (χ4v) is 4.59. The molecule has 148 valence electrons. The lowest BCUT2D eigenvalue weighted by Gasteiger charge is -2.37. The average Bonchev–Trinajstić information content (AvgIpc) is 2.85. The van der Waals surface area contributed by atoms with Gasteiger partial charge in [-0.15, -0.1) is 0 Å². The van der Waals surface area contributed by atoms with E-state index in [1.54, 1.807) is 0 Å². The van der Waals surface area contributed by atoms with Gasteiger partial charge < -0.3 is 0 Å². The van der Waals surface area contributed by atoms with Crippen LogP contribution in [0, 0.1) is 0 Å². The molecule has 0 fully saturated rings. The molecule has 0 saturated heterocycles. The van der Waals surface area contributed by atoms with Crippen molar-refractivity contribution < 1.29 is 13.0 Å². The number of thiol groups is 1. The first-order chi connectivity index (χ1) is 13.0. The molecule has 4 rings (SSSR count). The lowest BCUT2D eigenvalue weighted by Crippen LogP contribution is -2.34. The summed E-state index contributed by atoms with van der Waals surface area (Å²) in [6.45, 7) is 7.00. The zero-order valence-electron chi connectivity index (χ0n) is 16.5. The van der Waals surface area contributed by atoms with Crippen LogP contribution >= 0.6 is 12.6 Å². The van der Waals surface area contributed by atoms with Gasteiger partial charge in [0.1, 0.15) is 0 Å². The minimum Gasteiger partial charge on any atom is -0.286 e. The Morgan fingerprint density at radius 2 is 1.50 bits per heavy atom. The maximum Gasteiger partial charge on any atom is 0.261 e. The second-order valence-corrected chi connectivity index (χ2v) is 10.1. The Bertz CT molecular complexity index is 1060. The largest absolute Gasteiger partial charge is 0.286 e. The molecule has 0 aliphatic heterocycles. The topological polar surface area (TPSA) is 54.4 Å². The van der Waals surface area contributed by atoms with E-state index in [0.717, 1.165) is 0 Å². The van der Waals surface area contributed by atoms with Crippen LogP contribution in [0.25, 0.3) is 11.1 Å². The van der Waals surface area contributed by atoms with Crippen molar-refractivity contribution in [3.63, 3.8) is 0 Å². The van der Waals surface area contributed by atoms with Crippen molar-refractivity contribution in [2.24, 2.45) is 0 Å². The zero-order valence-corrected chi connectivity index (χ0v) is 18.3. The normalized spacial score (nSPS) is 24.1. The van der Waals surface area contributed by atoms with Crippen LogP contribution in [-0.2, 0) is 20.9 Å². The second-order valence-electron chi connectivity index (χ2n) is 8.10. The standard InChI is InChI=1S/C22H22S.CH4O3S/c1-21(2)17-11-5-4-9-15(17)16-10-8-12-18(20(16)21)22(3)14-7-6-13-19(22)23;1-5(2,3)4/h4-14,19,23H,1-3H3;1H3,(H,2,3,4). The van der Waals surface area contributed by atoms with Gasteiger partial charge in [-0.05, 0) is 27.8 Å². The Balaban J connectivity index is 0.000000403. The number of fused-ring (bicyclic) bond motifs is 3. The van der Waals surface area contributed by atoms with E-state index in [2.05, 4.69) is 87.5 Å². The van der Waals surface area contributed by atoms with Gasteiger partial charge in [-0.2, -0.15) is 21.0 Å². The predicted octanol–water partition coefficient (Wildman–Crippen LogP) is 5.18. The third-order valence-electron chi connectivity index (χ3n) is 5.62. The van der Waals surface area contributed by atoms with E-state index < -0.39 is 10.1 Å². The van der Waals surface area contributed by atoms with Crippen molar-refractivity contribution in [1.82, 2.24) is 0 Å². The fourth-order valence-electron chi connectivity index (χ4n) is 4.27. The molecule has 2 aliphatic carbocycles. The van der Waals surface area contributed by atoms with Gasteiger partial charge in [0, 0.05) is 16.1 Å². The number of hydrogen-bond acceptors (Lipinski definition) is 3. The number of benzene rings is 2. The Morgan fingerprint density at radius 1 is 0.929 bits per heavy atom. The van der Waals surface area contributed by atoms with Gasteiger partial charge in [0.2, 0.25) is 0 Å². The fraction of sp³-hybridized carbons (Fsp3) is 0.304. The lowest BCUT2D eigenvalue weighted by atomic mass is 9.69. The zero-order chi connectivity index (χ0) is 20.7. The highest BCUT2D eigenvalue weighted by molar-refractivity contribution is 7.85. The summed E-state index contributed by atoms with van der Waals surface area (Å²) in [4.78, 5) is 0. The first-order valence-electron chi connectivity index (χ1n) is 9.16. The number of rotatable bonds is 1. The summed E-state index contributed by atoms with van der Waals surface area (Å²) in [6.07, 6.45) is 9.47. The molecule has 0 spiro atoms. The van der Waals surface area contributed by atoms with Crippen LogP contribution in [0.1, 0.15) is 37.5 Å². The molecule has 5 heteroatoms. The quantitative estimate of drug-likeness (QED) is 0.499. The monoisotopic (exact) mass is 414 g/mol. The maximum absolute atomic E-state index is 9.19. The SMILES string of the molecule is CC1(C)c2ccccc2-c2cccc(C3(C)C=CC=CC3S)c21.CS(=O)(=O)O. The molecular weight excluding hydrogens is 388 g/mol. The smallest absolute Gasteiger partial charge is 0.261 e. The van der Waals surface area contributed by atoms with Crippen molar-refractivity contribution in [1.29, 1.82) is 0 Å². The highest BCUT2D eigenvalue weighted by Gasteiger charge is 2.42. The van der Waals surface area contributed by atoms with Crippen LogP contribution in [-0.4, -0.2) is 24.5 Å². The molecule has 2 aromatic carbocycles. The van der Waals surface area contributed by atoms with Crippen LogP contribution in [0.2, 0.25) is 0 Å². The number of allylic oxidation sites excluding steroid dienone is 3. The van der Waals surface area contributed by atoms with Crippen LogP contribution in [0.15, 0.2) is 66.8 Å². The van der Waals surface area contributed by atoms with Gasteiger partial charge >= 0.3 is 0 Å². The van der Waals surface area contributed by atoms with E-state index in [4.69, 9.17) is 17.2 Å². The molecule has 0 saturated carbocycles. The summed E-state index contributed by atoms with van der Waals surface area (Å²) in [7, 11) is -3.67. The Morgan fingerprint density at radius 3 is 2.14 bits per heavy atom. The first kappa shape index (κ1) is 20.9. The minimum atomic E-state index is -3.67. The van der Waals surface area contributed by atoms with Gasteiger partial charge in [0.05, 0.1) is 6.26 Å². The van der Waals surface area contributed by atoms with Gasteiger partial charge in [-0.1, -0.05) is 87.5 Å². The van der Waals surface area contributed by atoms with Gasteiger partial charge in [0.25, 0.3) is 10.1 Å². The molecule has 2 atom stereocenters. The van der Waals surface area contributed by atoms with E-state index in [0.29, 0.717) is 6.26 Å². The Kier molecular flexibility index (Phi) is 5.38. The third kappa shape index (κ3) is 3.71. The van der Waals surface area contributed by atoms with Crippen LogP contribution in [0.3, 0.4) is 0 Å². The van der Waals surface area contributed by atoms with Crippen LogP contribution in [0.5, 0.6) is 0 Å². The average molecular weight is 415 g/mol. The summed E-state index contributed by atoms with van der Waals surface area (Å²) in [6, 6.07) is 15.6. The minimum absolute atomic E-state index is 0.0219. The molecule has 0 amide bonds. The Labute approximate surface area is 173 Å². The summed E-state index contributed by atoms with van der Waals surface area (Å²) < 4.78 is 25.9. The van der Waals surface area contributed by atoms with Crippen molar-refractivity contribution >= 4 is 22.7 Å². The number of hydrogen-bond donors (Lipinski definition) is 2. The molecule has 2 aromatic rings. The van der Waals surface area contributed by atoms with E-state index in [-0.39, 0.29) is 16.1 Å². The van der Waals surface area contributed by atoms with E-state index in [9.17, 15) is 8.42 Å². The lowest BCUT2D eigenvalue weighted by molar-refractivity contribution is 0.490. The predicted molar refractivity (Wildman–Crippen MR) is 120 cm³/mol. The highest BCUT2D eigenvalue weighted by atomic mass is 32.2. The molecule has 2 unspecified atom stereocenters. The summed E-state index contributed by atoms with van der Waals surface area (Å²) >= 11 is 4.87. The first-order valence-corrected chi connectivity index (χ1v) is 11.5. The van der Waals surface area contributed by atoms with Gasteiger partial charge in [-0.3, -0.25) is 4.55 Å². The molecule has 1 N–H and O–H groups in total.